The smallest absolute Gasteiger partial charge is 0.296 e. The summed E-state index contributed by atoms with van der Waals surface area (Å²) < 4.78 is 30.9. The third-order valence-electron chi connectivity index (χ3n) is 2.03. The zero-order valence-corrected chi connectivity index (χ0v) is 8.30. The van der Waals surface area contributed by atoms with Crippen molar-refractivity contribution in [2.24, 2.45) is 0 Å². The quantitative estimate of drug-likeness (QED) is 0.705. The third-order valence-corrected chi connectivity index (χ3v) is 2.93. The Labute approximate surface area is 81.3 Å². The molecule has 0 amide bonds. The topological polar surface area (TPSA) is 70.2 Å². The van der Waals surface area contributed by atoms with E-state index < -0.39 is 10.1 Å². The highest BCUT2D eigenvalue weighted by molar-refractivity contribution is 7.86. The molecule has 0 aliphatic heterocycles. The van der Waals surface area contributed by atoms with Crippen molar-refractivity contribution in [1.82, 2.24) is 4.98 Å². The highest BCUT2D eigenvalue weighted by atomic mass is 32.2. The summed E-state index contributed by atoms with van der Waals surface area (Å²) in [5.41, 5.74) is 1.31. The van der Waals surface area contributed by atoms with Gasteiger partial charge >= 0.3 is 0 Å². The average Bonchev–Trinajstić information content (AvgIpc) is 2.41. The molecule has 0 aliphatic rings. The van der Waals surface area contributed by atoms with E-state index in [2.05, 4.69) is 4.98 Å². The minimum atomic E-state index is -4.15. The van der Waals surface area contributed by atoms with Crippen LogP contribution in [0, 0.1) is 6.92 Å². The molecule has 1 aromatic heterocycles. The van der Waals surface area contributed by atoms with Crippen LogP contribution in [0.5, 0.6) is 0 Å². The van der Waals surface area contributed by atoms with Gasteiger partial charge in [0.1, 0.15) is 4.90 Å². The maximum Gasteiger partial charge on any atom is 0.296 e. The number of nitrogens with one attached hydrogen (secondary N) is 1. The molecule has 1 heterocycles. The summed E-state index contributed by atoms with van der Waals surface area (Å²) in [4.78, 5) is 2.81. The van der Waals surface area contributed by atoms with E-state index in [0.29, 0.717) is 5.52 Å². The molecule has 2 rings (SSSR count). The molecule has 0 bridgehead atoms. The molecule has 0 spiro atoms. The average molecular weight is 211 g/mol. The van der Waals surface area contributed by atoms with Crippen LogP contribution >= 0.6 is 0 Å². The van der Waals surface area contributed by atoms with Gasteiger partial charge in [-0.05, 0) is 19.1 Å². The van der Waals surface area contributed by atoms with Crippen LogP contribution < -0.4 is 0 Å². The van der Waals surface area contributed by atoms with Crippen LogP contribution in [0.4, 0.5) is 0 Å². The lowest BCUT2D eigenvalue weighted by molar-refractivity contribution is 0.484. The number of hydrogen-bond donors (Lipinski definition) is 2. The highest BCUT2D eigenvalue weighted by Gasteiger charge is 2.14. The first-order valence-electron chi connectivity index (χ1n) is 4.04. The SMILES string of the molecule is Cc1cc2cccc(S(=O)(=O)O)c2[nH]1. The second kappa shape index (κ2) is 2.83. The van der Waals surface area contributed by atoms with Gasteiger partial charge in [0, 0.05) is 11.1 Å². The third kappa shape index (κ3) is 1.40. The molecule has 74 valence electrons. The first-order chi connectivity index (χ1) is 6.48. The van der Waals surface area contributed by atoms with Gasteiger partial charge in [0.15, 0.2) is 0 Å². The lowest BCUT2D eigenvalue weighted by Crippen LogP contribution is -1.98. The monoisotopic (exact) mass is 211 g/mol. The molecule has 0 radical (unpaired) electrons. The second-order valence-corrected chi connectivity index (χ2v) is 4.54. The van der Waals surface area contributed by atoms with Crippen LogP contribution in [0.2, 0.25) is 0 Å². The second-order valence-electron chi connectivity index (χ2n) is 3.15. The van der Waals surface area contributed by atoms with Crippen molar-refractivity contribution in [2.45, 2.75) is 11.8 Å². The van der Waals surface area contributed by atoms with Gasteiger partial charge in [0.05, 0.1) is 5.52 Å². The van der Waals surface area contributed by atoms with Crippen molar-refractivity contribution in [3.8, 4) is 0 Å². The molecule has 0 unspecified atom stereocenters. The Morgan fingerprint density at radius 3 is 2.71 bits per heavy atom. The minimum absolute atomic E-state index is 0.0805. The van der Waals surface area contributed by atoms with E-state index in [0.717, 1.165) is 11.1 Å². The van der Waals surface area contributed by atoms with Gasteiger partial charge in [-0.3, -0.25) is 4.55 Å². The molecule has 2 aromatic rings. The molecule has 4 nitrogen and oxygen atoms in total. The maximum atomic E-state index is 11.0. The predicted molar refractivity (Wildman–Crippen MR) is 52.9 cm³/mol. The molecule has 2 N–H and O–H groups in total. The zero-order valence-electron chi connectivity index (χ0n) is 7.48. The molecule has 0 fully saturated rings. The Kier molecular flexibility index (Phi) is 1.87. The summed E-state index contributed by atoms with van der Waals surface area (Å²) in [5.74, 6) is 0. The van der Waals surface area contributed by atoms with E-state index in [-0.39, 0.29) is 4.90 Å². The molecule has 0 aliphatic carbocycles. The van der Waals surface area contributed by atoms with E-state index in [9.17, 15) is 8.42 Å². The Morgan fingerprint density at radius 1 is 1.36 bits per heavy atom. The summed E-state index contributed by atoms with van der Waals surface area (Å²) in [6.07, 6.45) is 0. The fourth-order valence-corrected chi connectivity index (χ4v) is 2.16. The number of hydrogen-bond acceptors (Lipinski definition) is 2. The normalized spacial score (nSPS) is 12.1. The van der Waals surface area contributed by atoms with E-state index in [4.69, 9.17) is 4.55 Å². The van der Waals surface area contributed by atoms with Crippen LogP contribution in [-0.2, 0) is 10.1 Å². The first-order valence-corrected chi connectivity index (χ1v) is 5.48. The molecule has 0 saturated heterocycles. The van der Waals surface area contributed by atoms with Gasteiger partial charge in [-0.1, -0.05) is 12.1 Å². The molecule has 0 saturated carbocycles. The van der Waals surface area contributed by atoms with E-state index in [1.807, 2.05) is 13.0 Å². The number of rotatable bonds is 1. The van der Waals surface area contributed by atoms with Gasteiger partial charge in [0.25, 0.3) is 10.1 Å². The largest absolute Gasteiger partial charge is 0.358 e. The molecule has 1 aromatic carbocycles. The van der Waals surface area contributed by atoms with Crippen LogP contribution in [0.3, 0.4) is 0 Å². The highest BCUT2D eigenvalue weighted by Crippen LogP contribution is 2.22. The standard InChI is InChI=1S/C9H9NO3S/c1-6-5-7-3-2-4-8(9(7)10-6)14(11,12)13/h2-5,10H,1H3,(H,11,12,13). The number of aromatic nitrogens is 1. The number of benzene rings is 1. The first kappa shape index (κ1) is 9.23. The summed E-state index contributed by atoms with van der Waals surface area (Å²) in [7, 11) is -4.15. The fourth-order valence-electron chi connectivity index (χ4n) is 1.48. The van der Waals surface area contributed by atoms with Crippen LogP contribution in [0.25, 0.3) is 10.9 Å². The van der Waals surface area contributed by atoms with Crippen molar-refractivity contribution in [1.29, 1.82) is 0 Å². The number of aryl methyl sites for hydroxylation is 1. The Morgan fingerprint density at radius 2 is 2.07 bits per heavy atom. The van der Waals surface area contributed by atoms with Gasteiger partial charge in [-0.15, -0.1) is 0 Å². The summed E-state index contributed by atoms with van der Waals surface area (Å²) in [6, 6.07) is 6.57. The molecule has 14 heavy (non-hydrogen) atoms. The molecule has 0 atom stereocenters. The minimum Gasteiger partial charge on any atom is -0.358 e. The van der Waals surface area contributed by atoms with Gasteiger partial charge < -0.3 is 4.98 Å². The van der Waals surface area contributed by atoms with Gasteiger partial charge in [-0.2, -0.15) is 8.42 Å². The maximum absolute atomic E-state index is 11.0. The number of para-hydroxylation sites is 1. The fraction of sp³-hybridized carbons (Fsp3) is 0.111. The van der Waals surface area contributed by atoms with E-state index in [1.165, 1.54) is 6.07 Å². The van der Waals surface area contributed by atoms with Crippen molar-refractivity contribution in [2.75, 3.05) is 0 Å². The van der Waals surface area contributed by atoms with Crippen LogP contribution in [0.1, 0.15) is 5.69 Å². The van der Waals surface area contributed by atoms with Crippen molar-refractivity contribution >= 4 is 21.0 Å². The van der Waals surface area contributed by atoms with Gasteiger partial charge in [0.2, 0.25) is 0 Å². The summed E-state index contributed by atoms with van der Waals surface area (Å²) in [6.45, 7) is 1.83. The number of fused-ring (bicyclic) bond motifs is 1. The molecule has 5 heteroatoms. The van der Waals surface area contributed by atoms with Crippen molar-refractivity contribution in [3.63, 3.8) is 0 Å². The Bertz CT molecular complexity index is 583. The lowest BCUT2D eigenvalue weighted by atomic mass is 10.2. The van der Waals surface area contributed by atoms with Crippen LogP contribution in [0.15, 0.2) is 29.2 Å². The van der Waals surface area contributed by atoms with Gasteiger partial charge in [-0.25, -0.2) is 0 Å². The molecular formula is C9H9NO3S. The van der Waals surface area contributed by atoms with E-state index >= 15 is 0 Å². The van der Waals surface area contributed by atoms with Crippen molar-refractivity contribution in [3.05, 3.63) is 30.0 Å². The number of H-pyrrole nitrogens is 1. The number of aromatic amines is 1. The van der Waals surface area contributed by atoms with E-state index in [1.54, 1.807) is 12.1 Å². The molecular weight excluding hydrogens is 202 g/mol. The summed E-state index contributed by atoms with van der Waals surface area (Å²) in [5, 5.41) is 0.776. The Balaban J connectivity index is 2.90. The zero-order chi connectivity index (χ0) is 10.3. The van der Waals surface area contributed by atoms with Crippen molar-refractivity contribution < 1.29 is 13.0 Å². The Hall–Kier alpha value is -1.33. The lowest BCUT2D eigenvalue weighted by Gasteiger charge is -1.97. The van der Waals surface area contributed by atoms with Crippen LogP contribution in [-0.4, -0.2) is 18.0 Å². The predicted octanol–water partition coefficient (Wildman–Crippen LogP) is 1.72. The summed E-state index contributed by atoms with van der Waals surface area (Å²) >= 11 is 0.